The molecule has 1 fully saturated rings. The Kier molecular flexibility index (Phi) is 17.8. The summed E-state index contributed by atoms with van der Waals surface area (Å²) in [5.41, 5.74) is 14.3. The van der Waals surface area contributed by atoms with Gasteiger partial charge in [-0.2, -0.15) is 0 Å². The maximum atomic E-state index is 11.1. The largest absolute Gasteiger partial charge is 0.483 e. The molecule has 216 valence electrons. The number of hydrogen-bond acceptors (Lipinski definition) is 4. The molecule has 7 nitrogen and oxygen atoms in total. The SMILES string of the molecule is CC(C)CCCc1ccccc1.NCC(=O)NC(Cc1ccccc1)C(N)=O.O=CO.c1ccc(C2CC2)cc1. The summed E-state index contributed by atoms with van der Waals surface area (Å²) in [5.74, 6) is 0.797. The molecule has 3 aromatic carbocycles. The van der Waals surface area contributed by atoms with E-state index >= 15 is 0 Å². The van der Waals surface area contributed by atoms with Crippen molar-refractivity contribution < 1.29 is 19.5 Å². The molecule has 2 amide bonds. The fourth-order valence-corrected chi connectivity index (χ4v) is 3.83. The lowest BCUT2D eigenvalue weighted by atomic mass is 10.0. The Morgan fingerprint density at radius 2 is 1.38 bits per heavy atom. The van der Waals surface area contributed by atoms with Crippen LogP contribution in [-0.2, 0) is 27.2 Å². The van der Waals surface area contributed by atoms with Gasteiger partial charge < -0.3 is 21.9 Å². The first-order chi connectivity index (χ1) is 19.3. The second kappa shape index (κ2) is 20.9. The average Bonchev–Trinajstić information content (AvgIpc) is 3.81. The minimum Gasteiger partial charge on any atom is -0.483 e. The lowest BCUT2D eigenvalue weighted by molar-refractivity contribution is -0.126. The van der Waals surface area contributed by atoms with Crippen LogP contribution >= 0.6 is 0 Å². The maximum Gasteiger partial charge on any atom is 0.290 e. The van der Waals surface area contributed by atoms with Crippen molar-refractivity contribution in [1.29, 1.82) is 0 Å². The summed E-state index contributed by atoms with van der Waals surface area (Å²) >= 11 is 0. The Labute approximate surface area is 239 Å². The van der Waals surface area contributed by atoms with Crippen LogP contribution in [0.4, 0.5) is 0 Å². The highest BCUT2D eigenvalue weighted by Crippen LogP contribution is 2.39. The maximum absolute atomic E-state index is 11.1. The van der Waals surface area contributed by atoms with Gasteiger partial charge in [0.25, 0.3) is 6.47 Å². The molecule has 0 saturated heterocycles. The van der Waals surface area contributed by atoms with Crippen LogP contribution in [0.3, 0.4) is 0 Å². The van der Waals surface area contributed by atoms with Crippen molar-refractivity contribution in [2.45, 2.75) is 64.3 Å². The van der Waals surface area contributed by atoms with Gasteiger partial charge in [0.1, 0.15) is 6.04 Å². The summed E-state index contributed by atoms with van der Waals surface area (Å²) in [6.45, 7) is 4.16. The molecule has 0 radical (unpaired) electrons. The normalized spacial score (nSPS) is 12.2. The van der Waals surface area contributed by atoms with Gasteiger partial charge in [-0.15, -0.1) is 0 Å². The molecule has 0 aromatic heterocycles. The first-order valence-corrected chi connectivity index (χ1v) is 13.8. The monoisotopic (exact) mass is 547 g/mol. The van der Waals surface area contributed by atoms with Crippen molar-refractivity contribution in [2.75, 3.05) is 6.54 Å². The third kappa shape index (κ3) is 16.8. The molecule has 1 aliphatic carbocycles. The third-order valence-electron chi connectivity index (χ3n) is 6.08. The van der Waals surface area contributed by atoms with Gasteiger partial charge in [-0.3, -0.25) is 14.4 Å². The summed E-state index contributed by atoms with van der Waals surface area (Å²) in [4.78, 5) is 30.6. The van der Waals surface area contributed by atoms with Gasteiger partial charge in [0.15, 0.2) is 0 Å². The van der Waals surface area contributed by atoms with Crippen molar-refractivity contribution in [3.63, 3.8) is 0 Å². The Hall–Kier alpha value is -3.97. The van der Waals surface area contributed by atoms with E-state index in [0.717, 1.165) is 17.4 Å². The number of carboxylic acid groups (broad SMARTS) is 1. The lowest BCUT2D eigenvalue weighted by Crippen LogP contribution is -2.47. The molecule has 1 saturated carbocycles. The fraction of sp³-hybridized carbons (Fsp3) is 0.364. The standard InChI is InChI=1S/C12H18.C11H15N3O2.C9H10.CH2O2/c1-11(2)7-6-10-12-8-4-3-5-9-12;12-7-10(15)14-9(11(13)16)6-8-4-2-1-3-5-8;1-2-4-8(5-3-1)9-6-7-9;2-1-3/h3-5,8-9,11H,6-7,10H2,1-2H3;1-5,9H,6-7,12H2,(H2,13,16)(H,14,15);1-5,9H,6-7H2;1H,(H,2,3). The number of carbonyl (C=O) groups is 3. The van der Waals surface area contributed by atoms with Crippen LogP contribution in [0.2, 0.25) is 0 Å². The number of carbonyl (C=O) groups excluding carboxylic acids is 2. The predicted octanol–water partition coefficient (Wildman–Crippen LogP) is 5.09. The van der Waals surface area contributed by atoms with Crippen LogP contribution in [0.15, 0.2) is 91.0 Å². The number of aryl methyl sites for hydroxylation is 1. The predicted molar refractivity (Wildman–Crippen MR) is 162 cm³/mol. The Balaban J connectivity index is 0.000000294. The Bertz CT molecular complexity index is 1070. The summed E-state index contributed by atoms with van der Waals surface area (Å²) in [6.07, 6.45) is 7.09. The van der Waals surface area contributed by atoms with Gasteiger partial charge in [-0.05, 0) is 54.2 Å². The van der Waals surface area contributed by atoms with Crippen molar-refractivity contribution in [1.82, 2.24) is 5.32 Å². The molecule has 7 heteroatoms. The molecule has 3 aromatic rings. The van der Waals surface area contributed by atoms with Gasteiger partial charge in [0.2, 0.25) is 11.8 Å². The minimum atomic E-state index is -0.710. The molecule has 1 aliphatic rings. The topological polar surface area (TPSA) is 136 Å². The molecule has 4 rings (SSSR count). The smallest absolute Gasteiger partial charge is 0.290 e. The van der Waals surface area contributed by atoms with Gasteiger partial charge in [0, 0.05) is 6.42 Å². The Morgan fingerprint density at radius 1 is 0.900 bits per heavy atom. The van der Waals surface area contributed by atoms with E-state index in [9.17, 15) is 9.59 Å². The molecule has 1 atom stereocenters. The zero-order valence-electron chi connectivity index (χ0n) is 23.7. The summed E-state index contributed by atoms with van der Waals surface area (Å²) in [7, 11) is 0. The first kappa shape index (κ1) is 34.1. The quantitative estimate of drug-likeness (QED) is 0.262. The van der Waals surface area contributed by atoms with E-state index in [1.54, 1.807) is 0 Å². The van der Waals surface area contributed by atoms with Crippen molar-refractivity contribution in [3.05, 3.63) is 108 Å². The first-order valence-electron chi connectivity index (χ1n) is 13.8. The van der Waals surface area contributed by atoms with Gasteiger partial charge in [-0.1, -0.05) is 111 Å². The van der Waals surface area contributed by atoms with E-state index in [0.29, 0.717) is 6.42 Å². The lowest BCUT2D eigenvalue weighted by Gasteiger charge is -2.14. The molecular weight excluding hydrogens is 502 g/mol. The number of hydrogen-bond donors (Lipinski definition) is 4. The molecule has 6 N–H and O–H groups in total. The van der Waals surface area contributed by atoms with Crippen LogP contribution in [0.5, 0.6) is 0 Å². The minimum absolute atomic E-state index is 0.154. The molecular formula is C33H45N3O4. The van der Waals surface area contributed by atoms with Gasteiger partial charge >= 0.3 is 0 Å². The Morgan fingerprint density at radius 3 is 1.80 bits per heavy atom. The van der Waals surface area contributed by atoms with Crippen LogP contribution < -0.4 is 16.8 Å². The second-order valence-corrected chi connectivity index (χ2v) is 9.98. The highest BCUT2D eigenvalue weighted by Gasteiger charge is 2.22. The molecule has 40 heavy (non-hydrogen) atoms. The summed E-state index contributed by atoms with van der Waals surface area (Å²) < 4.78 is 0. The van der Waals surface area contributed by atoms with Crippen LogP contribution in [0.1, 0.15) is 62.1 Å². The number of amides is 2. The van der Waals surface area contributed by atoms with E-state index in [-0.39, 0.29) is 18.9 Å². The van der Waals surface area contributed by atoms with E-state index < -0.39 is 11.9 Å². The third-order valence-corrected chi connectivity index (χ3v) is 6.08. The van der Waals surface area contributed by atoms with E-state index in [1.165, 1.54) is 43.2 Å². The number of primary amides is 1. The van der Waals surface area contributed by atoms with Crippen LogP contribution in [-0.4, -0.2) is 36.0 Å². The number of nitrogens with two attached hydrogens (primary N) is 2. The zero-order chi connectivity index (χ0) is 29.6. The number of nitrogens with one attached hydrogen (secondary N) is 1. The summed E-state index contributed by atoms with van der Waals surface area (Å²) in [6, 6.07) is 30.1. The summed E-state index contributed by atoms with van der Waals surface area (Å²) in [5, 5.41) is 9.37. The highest BCUT2D eigenvalue weighted by atomic mass is 16.3. The second-order valence-electron chi connectivity index (χ2n) is 9.98. The highest BCUT2D eigenvalue weighted by molar-refractivity contribution is 5.87. The molecule has 0 heterocycles. The average molecular weight is 548 g/mol. The van der Waals surface area contributed by atoms with Gasteiger partial charge in [0.05, 0.1) is 6.54 Å². The van der Waals surface area contributed by atoms with E-state index in [1.807, 2.05) is 30.3 Å². The van der Waals surface area contributed by atoms with Crippen molar-refractivity contribution >= 4 is 18.3 Å². The number of rotatable bonds is 10. The molecule has 0 bridgehead atoms. The fourth-order valence-electron chi connectivity index (χ4n) is 3.83. The molecule has 0 aliphatic heterocycles. The van der Waals surface area contributed by atoms with Gasteiger partial charge in [-0.25, -0.2) is 0 Å². The van der Waals surface area contributed by atoms with E-state index in [2.05, 4.69) is 79.8 Å². The van der Waals surface area contributed by atoms with Crippen LogP contribution in [0, 0.1) is 5.92 Å². The van der Waals surface area contributed by atoms with Crippen molar-refractivity contribution in [2.24, 2.45) is 17.4 Å². The van der Waals surface area contributed by atoms with Crippen molar-refractivity contribution in [3.8, 4) is 0 Å². The molecule has 0 spiro atoms. The van der Waals surface area contributed by atoms with E-state index in [4.69, 9.17) is 21.4 Å². The van der Waals surface area contributed by atoms with Crippen LogP contribution in [0.25, 0.3) is 0 Å². The zero-order valence-corrected chi connectivity index (χ0v) is 23.7. The number of benzene rings is 3. The molecule has 1 unspecified atom stereocenters.